The number of carbonyl (C=O) groups is 3. The van der Waals surface area contributed by atoms with Gasteiger partial charge in [-0.3, -0.25) is 24.8 Å². The first-order valence-corrected chi connectivity index (χ1v) is 6.65. The zero-order valence-electron chi connectivity index (χ0n) is 11.1. The van der Waals surface area contributed by atoms with Crippen molar-refractivity contribution in [3.63, 3.8) is 0 Å². The molecule has 1 aliphatic heterocycles. The summed E-state index contributed by atoms with van der Waals surface area (Å²) in [6.07, 6.45) is 5.10. The molecule has 6 nitrogen and oxygen atoms in total. The van der Waals surface area contributed by atoms with Gasteiger partial charge in [-0.2, -0.15) is 0 Å². The van der Waals surface area contributed by atoms with Gasteiger partial charge in [-0.1, -0.05) is 6.42 Å². The molecule has 104 valence electrons. The van der Waals surface area contributed by atoms with Crippen LogP contribution in [0.25, 0.3) is 0 Å². The van der Waals surface area contributed by atoms with Crippen LogP contribution in [0.4, 0.5) is 4.79 Å². The Morgan fingerprint density at radius 3 is 2.45 bits per heavy atom. The lowest BCUT2D eigenvalue weighted by molar-refractivity contribution is -0.159. The second kappa shape index (κ2) is 4.40. The molecule has 1 unspecified atom stereocenters. The molecule has 2 fully saturated rings. The molecule has 1 spiro atoms. The van der Waals surface area contributed by atoms with Crippen LogP contribution in [0.1, 0.15) is 37.8 Å². The Balaban J connectivity index is 1.94. The minimum Gasteiger partial charge on any atom is -0.277 e. The van der Waals surface area contributed by atoms with Crippen LogP contribution < -0.4 is 5.32 Å². The predicted octanol–water partition coefficient (Wildman–Crippen LogP) is 1.39. The largest absolute Gasteiger partial charge is 0.331 e. The number of pyridine rings is 1. The second-order valence-electron chi connectivity index (χ2n) is 5.33. The molecule has 0 bridgehead atoms. The lowest BCUT2D eigenvalue weighted by Gasteiger charge is -2.46. The fraction of sp³-hybridized carbons (Fsp3) is 0.429. The van der Waals surface area contributed by atoms with Gasteiger partial charge >= 0.3 is 6.03 Å². The van der Waals surface area contributed by atoms with Crippen LogP contribution in [-0.4, -0.2) is 27.7 Å². The summed E-state index contributed by atoms with van der Waals surface area (Å²) in [5.41, 5.74) is -0.206. The third kappa shape index (κ3) is 1.64. The van der Waals surface area contributed by atoms with Crippen molar-refractivity contribution in [2.75, 3.05) is 0 Å². The Labute approximate surface area is 116 Å². The minimum absolute atomic E-state index is 0.373. The summed E-state index contributed by atoms with van der Waals surface area (Å²) in [7, 11) is 0. The van der Waals surface area contributed by atoms with E-state index in [2.05, 4.69) is 10.3 Å². The Morgan fingerprint density at radius 1 is 1.25 bits per heavy atom. The lowest BCUT2D eigenvalue weighted by atomic mass is 9.66. The van der Waals surface area contributed by atoms with Gasteiger partial charge in [-0.15, -0.1) is 0 Å². The average Bonchev–Trinajstić information content (AvgIpc) is 2.37. The molecule has 2 aliphatic rings. The third-order valence-electron chi connectivity index (χ3n) is 4.29. The van der Waals surface area contributed by atoms with Crippen molar-refractivity contribution in [3.8, 4) is 0 Å². The highest BCUT2D eigenvalue weighted by Gasteiger charge is 2.58. The lowest BCUT2D eigenvalue weighted by Crippen LogP contribution is -2.66. The number of hydrogen-bond acceptors (Lipinski definition) is 4. The summed E-state index contributed by atoms with van der Waals surface area (Å²) in [6, 6.07) is 2.46. The van der Waals surface area contributed by atoms with E-state index in [4.69, 9.17) is 0 Å². The van der Waals surface area contributed by atoms with Crippen LogP contribution in [0, 0.1) is 5.41 Å². The molecule has 1 aromatic heterocycles. The topological polar surface area (TPSA) is 79.4 Å². The summed E-state index contributed by atoms with van der Waals surface area (Å²) in [4.78, 5) is 41.6. The maximum absolute atomic E-state index is 12.6. The fourth-order valence-corrected chi connectivity index (χ4v) is 2.81. The second-order valence-corrected chi connectivity index (χ2v) is 5.33. The SMILES string of the molecule is CC(c1ccncc1)N1C(=O)NC(=O)C2(CCC2)C1=O. The molecule has 1 aromatic rings. The van der Waals surface area contributed by atoms with E-state index in [0.717, 1.165) is 16.9 Å². The maximum atomic E-state index is 12.6. The van der Waals surface area contributed by atoms with Gasteiger partial charge in [0.25, 0.3) is 0 Å². The van der Waals surface area contributed by atoms with Crippen molar-refractivity contribution < 1.29 is 14.4 Å². The number of nitrogens with zero attached hydrogens (tertiary/aromatic N) is 2. The third-order valence-corrected chi connectivity index (χ3v) is 4.29. The summed E-state index contributed by atoms with van der Waals surface area (Å²) in [5.74, 6) is -0.821. The first kappa shape index (κ1) is 12.8. The number of imide groups is 2. The number of nitrogens with one attached hydrogen (secondary N) is 1. The van der Waals surface area contributed by atoms with Gasteiger partial charge in [0.15, 0.2) is 0 Å². The van der Waals surface area contributed by atoms with Gasteiger partial charge in [0.1, 0.15) is 5.41 Å². The van der Waals surface area contributed by atoms with Gasteiger partial charge in [-0.25, -0.2) is 4.79 Å². The normalized spacial score (nSPS) is 22.4. The Bertz CT molecular complexity index is 581. The molecule has 1 N–H and O–H groups in total. The standard InChI is InChI=1S/C14H15N3O3/c1-9(10-3-7-15-8-4-10)17-12(19)14(5-2-6-14)11(18)16-13(17)20/h3-4,7-9H,2,5-6H2,1H3,(H,16,18,20). The molecule has 1 aliphatic carbocycles. The summed E-state index contributed by atoms with van der Waals surface area (Å²) in [6.45, 7) is 1.77. The van der Waals surface area contributed by atoms with Gasteiger partial charge in [-0.05, 0) is 37.5 Å². The van der Waals surface area contributed by atoms with Crippen LogP contribution in [0.2, 0.25) is 0 Å². The van der Waals surface area contributed by atoms with Crippen LogP contribution >= 0.6 is 0 Å². The number of carbonyl (C=O) groups excluding carboxylic acids is 3. The minimum atomic E-state index is -1.02. The van der Waals surface area contributed by atoms with E-state index in [1.165, 1.54) is 0 Å². The highest BCUT2D eigenvalue weighted by molar-refractivity contribution is 6.19. The van der Waals surface area contributed by atoms with Gasteiger partial charge in [0.2, 0.25) is 11.8 Å². The van der Waals surface area contributed by atoms with Crippen molar-refractivity contribution in [1.29, 1.82) is 0 Å². The smallest absolute Gasteiger partial charge is 0.277 e. The molecule has 6 heteroatoms. The maximum Gasteiger partial charge on any atom is 0.331 e. The number of hydrogen-bond donors (Lipinski definition) is 1. The number of barbiturate groups is 1. The van der Waals surface area contributed by atoms with E-state index >= 15 is 0 Å². The molecule has 0 aromatic carbocycles. The Morgan fingerprint density at radius 2 is 1.90 bits per heavy atom. The molecule has 1 saturated carbocycles. The van der Waals surface area contributed by atoms with Crippen LogP contribution in [0.5, 0.6) is 0 Å². The molecule has 0 radical (unpaired) electrons. The Kier molecular flexibility index (Phi) is 2.81. The fourth-order valence-electron chi connectivity index (χ4n) is 2.81. The zero-order chi connectivity index (χ0) is 14.3. The van der Waals surface area contributed by atoms with Crippen molar-refractivity contribution in [3.05, 3.63) is 30.1 Å². The first-order chi connectivity index (χ1) is 9.56. The predicted molar refractivity (Wildman–Crippen MR) is 69.3 cm³/mol. The van der Waals surface area contributed by atoms with Crippen molar-refractivity contribution >= 4 is 17.8 Å². The highest BCUT2D eigenvalue weighted by Crippen LogP contribution is 2.45. The van der Waals surface area contributed by atoms with Crippen LogP contribution in [0.3, 0.4) is 0 Å². The zero-order valence-corrected chi connectivity index (χ0v) is 11.1. The van der Waals surface area contributed by atoms with Gasteiger partial charge in [0, 0.05) is 12.4 Å². The number of urea groups is 1. The van der Waals surface area contributed by atoms with Crippen LogP contribution in [0.15, 0.2) is 24.5 Å². The molecule has 1 atom stereocenters. The van der Waals surface area contributed by atoms with E-state index in [1.807, 2.05) is 0 Å². The molecule has 2 heterocycles. The monoisotopic (exact) mass is 273 g/mol. The van der Waals surface area contributed by atoms with Crippen molar-refractivity contribution in [2.24, 2.45) is 5.41 Å². The Hall–Kier alpha value is -2.24. The van der Waals surface area contributed by atoms with Crippen LogP contribution in [-0.2, 0) is 9.59 Å². The van der Waals surface area contributed by atoms with E-state index in [0.29, 0.717) is 12.8 Å². The van der Waals surface area contributed by atoms with Crippen molar-refractivity contribution in [2.45, 2.75) is 32.2 Å². The number of rotatable bonds is 2. The first-order valence-electron chi connectivity index (χ1n) is 6.65. The van der Waals surface area contributed by atoms with E-state index in [9.17, 15) is 14.4 Å². The van der Waals surface area contributed by atoms with E-state index in [-0.39, 0.29) is 5.91 Å². The molecule has 1 saturated heterocycles. The molecule has 3 rings (SSSR count). The number of aromatic nitrogens is 1. The molecule has 20 heavy (non-hydrogen) atoms. The van der Waals surface area contributed by atoms with E-state index in [1.54, 1.807) is 31.5 Å². The summed E-state index contributed by atoms with van der Waals surface area (Å²) < 4.78 is 0. The molecule has 4 amide bonds. The molecular weight excluding hydrogens is 258 g/mol. The quantitative estimate of drug-likeness (QED) is 0.826. The summed E-state index contributed by atoms with van der Waals surface area (Å²) >= 11 is 0. The summed E-state index contributed by atoms with van der Waals surface area (Å²) in [5, 5.41) is 2.31. The van der Waals surface area contributed by atoms with E-state index < -0.39 is 23.4 Å². The average molecular weight is 273 g/mol. The number of amides is 4. The van der Waals surface area contributed by atoms with Crippen molar-refractivity contribution in [1.82, 2.24) is 15.2 Å². The van der Waals surface area contributed by atoms with Gasteiger partial charge < -0.3 is 0 Å². The van der Waals surface area contributed by atoms with Gasteiger partial charge in [0.05, 0.1) is 6.04 Å². The highest BCUT2D eigenvalue weighted by atomic mass is 16.2. The molecular formula is C14H15N3O3.